The fourth-order valence-electron chi connectivity index (χ4n) is 2.68. The summed E-state index contributed by atoms with van der Waals surface area (Å²) in [4.78, 5) is 0. The molecule has 0 aromatic heterocycles. The van der Waals surface area contributed by atoms with Crippen molar-refractivity contribution in [2.24, 2.45) is 5.73 Å². The topological polar surface area (TPSA) is 38.0 Å². The molecule has 0 spiro atoms. The third-order valence-electron chi connectivity index (χ3n) is 4.03. The van der Waals surface area contributed by atoms with Crippen molar-refractivity contribution in [3.05, 3.63) is 35.4 Å². The van der Waals surface area contributed by atoms with Crippen molar-refractivity contribution in [1.29, 1.82) is 0 Å². The van der Waals surface area contributed by atoms with Gasteiger partial charge in [-0.1, -0.05) is 51.0 Å². The van der Waals surface area contributed by atoms with Crippen LogP contribution in [0.3, 0.4) is 0 Å². The average Bonchev–Trinajstić information content (AvgIpc) is 2.38. The summed E-state index contributed by atoms with van der Waals surface area (Å²) < 4.78 is 0. The van der Waals surface area contributed by atoms with E-state index in [9.17, 15) is 0 Å². The number of hydrogen-bond donors (Lipinski definition) is 2. The van der Waals surface area contributed by atoms with E-state index in [4.69, 9.17) is 5.73 Å². The molecule has 2 nitrogen and oxygen atoms in total. The van der Waals surface area contributed by atoms with Crippen LogP contribution in [0.15, 0.2) is 24.3 Å². The van der Waals surface area contributed by atoms with E-state index < -0.39 is 0 Å². The lowest BCUT2D eigenvalue weighted by Gasteiger charge is -2.29. The molecule has 2 atom stereocenters. The van der Waals surface area contributed by atoms with Crippen molar-refractivity contribution in [2.45, 2.75) is 64.1 Å². The standard InChI is InChI=1S/C16H26N2/c1-12(2)14-9-7-13(8-10-14)11-18-16-6-4-3-5-15(16)17/h7-10,12,15-16,18H,3-6,11,17H2,1-2H3. The normalized spacial score (nSPS) is 24.4. The summed E-state index contributed by atoms with van der Waals surface area (Å²) in [6.07, 6.45) is 5.01. The van der Waals surface area contributed by atoms with Gasteiger partial charge >= 0.3 is 0 Å². The van der Waals surface area contributed by atoms with Crippen LogP contribution >= 0.6 is 0 Å². The van der Waals surface area contributed by atoms with Crippen molar-refractivity contribution in [3.63, 3.8) is 0 Å². The summed E-state index contributed by atoms with van der Waals surface area (Å²) in [6.45, 7) is 5.40. The Balaban J connectivity index is 1.85. The molecular formula is C16H26N2. The molecule has 1 aromatic rings. The second-order valence-electron chi connectivity index (χ2n) is 5.83. The lowest BCUT2D eigenvalue weighted by Crippen LogP contribution is -2.46. The smallest absolute Gasteiger partial charge is 0.0222 e. The Labute approximate surface area is 111 Å². The molecule has 2 heteroatoms. The molecule has 0 amide bonds. The van der Waals surface area contributed by atoms with Crippen LogP contribution in [0, 0.1) is 0 Å². The van der Waals surface area contributed by atoms with Gasteiger partial charge < -0.3 is 11.1 Å². The molecule has 1 aliphatic carbocycles. The van der Waals surface area contributed by atoms with E-state index in [0.29, 0.717) is 18.0 Å². The molecule has 0 saturated heterocycles. The monoisotopic (exact) mass is 246 g/mol. The zero-order chi connectivity index (χ0) is 13.0. The number of benzene rings is 1. The molecule has 18 heavy (non-hydrogen) atoms. The minimum atomic E-state index is 0.341. The van der Waals surface area contributed by atoms with Crippen molar-refractivity contribution < 1.29 is 0 Å². The van der Waals surface area contributed by atoms with Gasteiger partial charge in [0, 0.05) is 18.6 Å². The van der Waals surface area contributed by atoms with Crippen LogP contribution in [0.2, 0.25) is 0 Å². The summed E-state index contributed by atoms with van der Waals surface area (Å²) in [7, 11) is 0. The Bertz CT molecular complexity index is 356. The molecule has 2 unspecified atom stereocenters. The van der Waals surface area contributed by atoms with Gasteiger partial charge in [-0.3, -0.25) is 0 Å². The molecular weight excluding hydrogens is 220 g/mol. The molecule has 0 bridgehead atoms. The second-order valence-corrected chi connectivity index (χ2v) is 5.83. The molecule has 3 N–H and O–H groups in total. The van der Waals surface area contributed by atoms with E-state index in [-0.39, 0.29) is 0 Å². The summed E-state index contributed by atoms with van der Waals surface area (Å²) >= 11 is 0. The maximum absolute atomic E-state index is 6.14. The molecule has 1 fully saturated rings. The maximum Gasteiger partial charge on any atom is 0.0222 e. The van der Waals surface area contributed by atoms with E-state index in [1.807, 2.05) is 0 Å². The van der Waals surface area contributed by atoms with E-state index >= 15 is 0 Å². The first-order valence-corrected chi connectivity index (χ1v) is 7.24. The molecule has 1 aromatic carbocycles. The lowest BCUT2D eigenvalue weighted by atomic mass is 9.91. The Morgan fingerprint density at radius 3 is 2.44 bits per heavy atom. The van der Waals surface area contributed by atoms with Gasteiger partial charge in [-0.25, -0.2) is 0 Å². The molecule has 0 heterocycles. The Morgan fingerprint density at radius 1 is 1.17 bits per heavy atom. The molecule has 1 saturated carbocycles. The van der Waals surface area contributed by atoms with Crippen LogP contribution in [0.4, 0.5) is 0 Å². The highest BCUT2D eigenvalue weighted by Crippen LogP contribution is 2.18. The predicted molar refractivity (Wildman–Crippen MR) is 77.6 cm³/mol. The molecule has 0 aliphatic heterocycles. The number of rotatable bonds is 4. The maximum atomic E-state index is 6.14. The number of hydrogen-bond acceptors (Lipinski definition) is 2. The molecule has 0 radical (unpaired) electrons. The lowest BCUT2D eigenvalue weighted by molar-refractivity contribution is 0.326. The summed E-state index contributed by atoms with van der Waals surface area (Å²) in [5, 5.41) is 3.61. The van der Waals surface area contributed by atoms with Crippen molar-refractivity contribution in [1.82, 2.24) is 5.32 Å². The predicted octanol–water partition coefficient (Wildman–Crippen LogP) is 3.17. The average molecular weight is 246 g/mol. The van der Waals surface area contributed by atoms with Crippen LogP contribution in [0.25, 0.3) is 0 Å². The minimum Gasteiger partial charge on any atom is -0.326 e. The highest BCUT2D eigenvalue weighted by molar-refractivity contribution is 5.24. The van der Waals surface area contributed by atoms with Gasteiger partial charge in [0.2, 0.25) is 0 Å². The Kier molecular flexibility index (Phi) is 4.79. The fourth-order valence-corrected chi connectivity index (χ4v) is 2.68. The van der Waals surface area contributed by atoms with Crippen LogP contribution in [0.1, 0.15) is 56.6 Å². The van der Waals surface area contributed by atoms with E-state index in [2.05, 4.69) is 43.4 Å². The van der Waals surface area contributed by atoms with Crippen LogP contribution < -0.4 is 11.1 Å². The van der Waals surface area contributed by atoms with Crippen molar-refractivity contribution in [3.8, 4) is 0 Å². The first-order chi connectivity index (χ1) is 8.66. The Hall–Kier alpha value is -0.860. The van der Waals surface area contributed by atoms with Gasteiger partial charge in [0.25, 0.3) is 0 Å². The third kappa shape index (κ3) is 3.56. The van der Waals surface area contributed by atoms with E-state index in [1.165, 1.54) is 36.8 Å². The van der Waals surface area contributed by atoms with Gasteiger partial charge in [-0.2, -0.15) is 0 Å². The molecule has 100 valence electrons. The second kappa shape index (κ2) is 6.35. The number of nitrogens with one attached hydrogen (secondary N) is 1. The van der Waals surface area contributed by atoms with Crippen LogP contribution in [0.5, 0.6) is 0 Å². The quantitative estimate of drug-likeness (QED) is 0.856. The summed E-state index contributed by atoms with van der Waals surface area (Å²) in [6, 6.07) is 9.79. The van der Waals surface area contributed by atoms with E-state index in [1.54, 1.807) is 0 Å². The first kappa shape index (κ1) is 13.6. The van der Waals surface area contributed by atoms with E-state index in [0.717, 1.165) is 6.54 Å². The van der Waals surface area contributed by atoms with Gasteiger partial charge in [0.1, 0.15) is 0 Å². The van der Waals surface area contributed by atoms with Gasteiger partial charge in [0.05, 0.1) is 0 Å². The van der Waals surface area contributed by atoms with Gasteiger partial charge in [-0.05, 0) is 29.9 Å². The van der Waals surface area contributed by atoms with Crippen molar-refractivity contribution >= 4 is 0 Å². The Morgan fingerprint density at radius 2 is 1.83 bits per heavy atom. The van der Waals surface area contributed by atoms with Crippen molar-refractivity contribution in [2.75, 3.05) is 0 Å². The minimum absolute atomic E-state index is 0.341. The summed E-state index contributed by atoms with van der Waals surface area (Å²) in [5.41, 5.74) is 8.91. The highest BCUT2D eigenvalue weighted by atomic mass is 15.0. The summed E-state index contributed by atoms with van der Waals surface area (Å²) in [5.74, 6) is 0.610. The fraction of sp³-hybridized carbons (Fsp3) is 0.625. The SMILES string of the molecule is CC(C)c1ccc(CNC2CCCCC2N)cc1. The van der Waals surface area contributed by atoms with Crippen LogP contribution in [-0.4, -0.2) is 12.1 Å². The number of nitrogens with two attached hydrogens (primary N) is 1. The van der Waals surface area contributed by atoms with Gasteiger partial charge in [0.15, 0.2) is 0 Å². The molecule has 1 aliphatic rings. The highest BCUT2D eigenvalue weighted by Gasteiger charge is 2.20. The first-order valence-electron chi connectivity index (χ1n) is 7.24. The largest absolute Gasteiger partial charge is 0.326 e. The zero-order valence-corrected chi connectivity index (χ0v) is 11.7. The molecule has 2 rings (SSSR count). The van der Waals surface area contributed by atoms with Crippen LogP contribution in [-0.2, 0) is 6.54 Å². The third-order valence-corrected chi connectivity index (χ3v) is 4.03. The van der Waals surface area contributed by atoms with Gasteiger partial charge in [-0.15, -0.1) is 0 Å². The zero-order valence-electron chi connectivity index (χ0n) is 11.7.